The molecule has 0 amide bonds. The van der Waals surface area contributed by atoms with Gasteiger partial charge in [-0.1, -0.05) is 23.5 Å². The molecule has 112 valence electrons. The van der Waals surface area contributed by atoms with Crippen molar-refractivity contribution in [2.45, 2.75) is 12.8 Å². The van der Waals surface area contributed by atoms with E-state index in [1.807, 2.05) is 29.2 Å². The summed E-state index contributed by atoms with van der Waals surface area (Å²) < 4.78 is 11.7. The molecule has 0 radical (unpaired) electrons. The lowest BCUT2D eigenvalue weighted by molar-refractivity contribution is 0.108. The third-order valence-electron chi connectivity index (χ3n) is 3.23. The van der Waals surface area contributed by atoms with Gasteiger partial charge in [0, 0.05) is 18.9 Å². The van der Waals surface area contributed by atoms with E-state index in [1.165, 1.54) is 11.3 Å². The Kier molecular flexibility index (Phi) is 4.04. The quantitative estimate of drug-likeness (QED) is 0.871. The minimum absolute atomic E-state index is 0.220. The Morgan fingerprint density at radius 3 is 2.86 bits per heavy atom. The maximum absolute atomic E-state index is 9.08. The molecule has 0 spiro atoms. The molecule has 0 saturated heterocycles. The van der Waals surface area contributed by atoms with Gasteiger partial charge in [0.05, 0.1) is 29.8 Å². The number of fused-ring (bicyclic) bond motifs is 1. The fourth-order valence-corrected chi connectivity index (χ4v) is 3.24. The number of para-hydroxylation sites is 1. The Morgan fingerprint density at radius 2 is 2.18 bits per heavy atom. The highest BCUT2D eigenvalue weighted by molar-refractivity contribution is 7.22. The first-order chi connectivity index (χ1) is 10.8. The Morgan fingerprint density at radius 1 is 1.36 bits per heavy atom. The number of allylic oxidation sites excluding steroid dienone is 1. The predicted molar refractivity (Wildman–Crippen MR) is 85.7 cm³/mol. The lowest BCUT2D eigenvalue weighted by atomic mass is 10.2. The van der Waals surface area contributed by atoms with Gasteiger partial charge in [0.2, 0.25) is 12.2 Å². The summed E-state index contributed by atoms with van der Waals surface area (Å²) in [5, 5.41) is 9.83. The topological polar surface area (TPSA) is 70.7 Å². The number of methoxy groups -OCH3 is 2. The van der Waals surface area contributed by atoms with Crippen LogP contribution in [-0.2, 0) is 9.47 Å². The number of rotatable bonds is 3. The molecule has 7 heteroatoms. The maximum Gasteiger partial charge on any atom is 0.237 e. The average Bonchev–Trinajstić information content (AvgIpc) is 2.97. The summed E-state index contributed by atoms with van der Waals surface area (Å²) in [6.45, 7) is 0. The van der Waals surface area contributed by atoms with Crippen LogP contribution in [0.3, 0.4) is 0 Å². The summed E-state index contributed by atoms with van der Waals surface area (Å²) in [5.74, 6) is 0.439. The largest absolute Gasteiger partial charge is 0.481 e. The van der Waals surface area contributed by atoms with Gasteiger partial charge in [-0.2, -0.15) is 10.3 Å². The van der Waals surface area contributed by atoms with Crippen LogP contribution in [0.5, 0.6) is 0 Å². The average molecular weight is 314 g/mol. The monoisotopic (exact) mass is 314 g/mol. The zero-order valence-electron chi connectivity index (χ0n) is 12.2. The molecule has 0 N–H and O–H groups in total. The van der Waals surface area contributed by atoms with E-state index in [0.717, 1.165) is 21.0 Å². The molecule has 0 aliphatic carbocycles. The molecule has 0 bridgehead atoms. The molecular formula is C15H14N4O2S. The fraction of sp³-hybridized carbons (Fsp3) is 0.267. The molecule has 1 atom stereocenters. The molecule has 0 saturated carbocycles. The van der Waals surface area contributed by atoms with Crippen molar-refractivity contribution in [1.82, 2.24) is 4.98 Å². The van der Waals surface area contributed by atoms with Gasteiger partial charge in [0.15, 0.2) is 5.13 Å². The van der Waals surface area contributed by atoms with Gasteiger partial charge in [-0.05, 0) is 12.1 Å². The zero-order valence-corrected chi connectivity index (χ0v) is 13.0. The number of aromatic nitrogens is 1. The second-order valence-electron chi connectivity index (χ2n) is 4.54. The molecule has 1 unspecified atom stereocenters. The number of ether oxygens (including phenoxy) is 2. The van der Waals surface area contributed by atoms with Crippen molar-refractivity contribution in [2.24, 2.45) is 4.99 Å². The number of nitriles is 1. The number of anilines is 1. The Bertz CT molecular complexity index is 757. The second kappa shape index (κ2) is 6.13. The molecule has 0 fully saturated rings. The number of nitrogens with zero attached hydrogens (tertiary/aromatic N) is 4. The van der Waals surface area contributed by atoms with Crippen LogP contribution in [0.25, 0.3) is 10.2 Å². The number of hydrogen-bond donors (Lipinski definition) is 0. The molecule has 1 aromatic carbocycles. The SMILES string of the molecule is COC1=NC(OC)N(c2nc3ccccc3s2)C(CC#N)=C1. The molecule has 1 aliphatic rings. The van der Waals surface area contributed by atoms with Gasteiger partial charge in [-0.15, -0.1) is 0 Å². The normalized spacial score (nSPS) is 17.9. The molecule has 1 aliphatic heterocycles. The Balaban J connectivity index is 2.07. The standard InChI is InChI=1S/C15H14N4O2S/c1-20-13-9-10(7-8-16)19(14(18-13)21-2)15-17-11-5-3-4-6-12(11)22-15/h3-6,9,14H,7H2,1-2H3. The first kappa shape index (κ1) is 14.5. The smallest absolute Gasteiger partial charge is 0.237 e. The molecule has 22 heavy (non-hydrogen) atoms. The summed E-state index contributed by atoms with van der Waals surface area (Å²) in [5.41, 5.74) is 1.66. The van der Waals surface area contributed by atoms with Crippen LogP contribution in [0.2, 0.25) is 0 Å². The van der Waals surface area contributed by atoms with E-state index < -0.39 is 6.35 Å². The van der Waals surface area contributed by atoms with Crippen LogP contribution in [0.4, 0.5) is 5.13 Å². The van der Waals surface area contributed by atoms with Crippen LogP contribution in [0.1, 0.15) is 6.42 Å². The van der Waals surface area contributed by atoms with Gasteiger partial charge in [-0.3, -0.25) is 4.90 Å². The summed E-state index contributed by atoms with van der Waals surface area (Å²) >= 11 is 1.54. The van der Waals surface area contributed by atoms with Crippen molar-refractivity contribution in [3.05, 3.63) is 36.0 Å². The van der Waals surface area contributed by atoms with Crippen molar-refractivity contribution in [1.29, 1.82) is 5.26 Å². The van der Waals surface area contributed by atoms with Gasteiger partial charge in [0.1, 0.15) is 0 Å². The molecule has 6 nitrogen and oxygen atoms in total. The number of aliphatic imine (C=N–C) groups is 1. The van der Waals surface area contributed by atoms with Crippen LogP contribution in [0.15, 0.2) is 41.0 Å². The molecule has 2 heterocycles. The third-order valence-corrected chi connectivity index (χ3v) is 4.26. The number of hydrogen-bond acceptors (Lipinski definition) is 7. The van der Waals surface area contributed by atoms with Crippen LogP contribution in [0, 0.1) is 11.3 Å². The Hall–Kier alpha value is -2.43. The van der Waals surface area contributed by atoms with Gasteiger partial charge >= 0.3 is 0 Å². The lowest BCUT2D eigenvalue weighted by Crippen LogP contribution is -2.38. The first-order valence-electron chi connectivity index (χ1n) is 6.63. The van der Waals surface area contributed by atoms with E-state index >= 15 is 0 Å². The van der Waals surface area contributed by atoms with Crippen molar-refractivity contribution >= 4 is 32.6 Å². The van der Waals surface area contributed by atoms with Crippen molar-refractivity contribution in [3.8, 4) is 6.07 Å². The predicted octanol–water partition coefficient (Wildman–Crippen LogP) is 2.89. The third kappa shape index (κ3) is 2.54. The van der Waals surface area contributed by atoms with E-state index in [1.54, 1.807) is 20.3 Å². The van der Waals surface area contributed by atoms with Crippen LogP contribution in [-0.4, -0.2) is 31.5 Å². The van der Waals surface area contributed by atoms with E-state index in [2.05, 4.69) is 16.0 Å². The highest BCUT2D eigenvalue weighted by Crippen LogP contribution is 2.34. The van der Waals surface area contributed by atoms with E-state index in [0.29, 0.717) is 5.90 Å². The number of thiazole rings is 1. The summed E-state index contributed by atoms with van der Waals surface area (Å²) in [7, 11) is 3.11. The minimum atomic E-state index is -0.594. The highest BCUT2D eigenvalue weighted by Gasteiger charge is 2.29. The molecular weight excluding hydrogens is 300 g/mol. The number of benzene rings is 1. The van der Waals surface area contributed by atoms with E-state index in [4.69, 9.17) is 14.7 Å². The second-order valence-corrected chi connectivity index (χ2v) is 5.55. The molecule has 1 aromatic heterocycles. The van der Waals surface area contributed by atoms with Crippen molar-refractivity contribution < 1.29 is 9.47 Å². The molecule has 2 aromatic rings. The summed E-state index contributed by atoms with van der Waals surface area (Å²) in [6.07, 6.45) is 1.37. The van der Waals surface area contributed by atoms with Crippen molar-refractivity contribution in [3.63, 3.8) is 0 Å². The summed E-state index contributed by atoms with van der Waals surface area (Å²) in [6, 6.07) is 10.1. The van der Waals surface area contributed by atoms with E-state index in [9.17, 15) is 0 Å². The van der Waals surface area contributed by atoms with Gasteiger partial charge < -0.3 is 9.47 Å². The highest BCUT2D eigenvalue weighted by atomic mass is 32.1. The summed E-state index contributed by atoms with van der Waals surface area (Å²) in [4.78, 5) is 10.8. The van der Waals surface area contributed by atoms with Crippen LogP contribution < -0.4 is 4.90 Å². The lowest BCUT2D eigenvalue weighted by Gasteiger charge is -2.31. The van der Waals surface area contributed by atoms with E-state index in [-0.39, 0.29) is 6.42 Å². The molecule has 3 rings (SSSR count). The first-order valence-corrected chi connectivity index (χ1v) is 7.45. The van der Waals surface area contributed by atoms with Crippen molar-refractivity contribution in [2.75, 3.05) is 19.1 Å². The van der Waals surface area contributed by atoms with Gasteiger partial charge in [-0.25, -0.2) is 4.98 Å². The Labute approximate surface area is 131 Å². The minimum Gasteiger partial charge on any atom is -0.481 e. The maximum atomic E-state index is 9.08. The van der Waals surface area contributed by atoms with Gasteiger partial charge in [0.25, 0.3) is 0 Å². The fourth-order valence-electron chi connectivity index (χ4n) is 2.23. The van der Waals surface area contributed by atoms with Crippen LogP contribution >= 0.6 is 11.3 Å². The zero-order chi connectivity index (χ0) is 15.5.